The van der Waals surface area contributed by atoms with E-state index in [1.807, 2.05) is 4.90 Å². The number of carbonyl (C=O) groups excluding carboxylic acids is 1. The van der Waals surface area contributed by atoms with Gasteiger partial charge in [0.25, 0.3) is 0 Å². The van der Waals surface area contributed by atoms with Gasteiger partial charge in [0.05, 0.1) is 0 Å². The molecule has 1 saturated heterocycles. The molecular weight excluding hydrogens is 230 g/mol. The van der Waals surface area contributed by atoms with Crippen LogP contribution in [-0.4, -0.2) is 29.2 Å². The number of carbonyl (C=O) groups is 1. The minimum absolute atomic E-state index is 0.231. The molecule has 13 heavy (non-hydrogen) atoms. The van der Waals surface area contributed by atoms with E-state index in [4.69, 9.17) is 0 Å². The molecule has 0 aromatic heterocycles. The fourth-order valence-corrected chi connectivity index (χ4v) is 1.21. The van der Waals surface area contributed by atoms with E-state index in [1.54, 1.807) is 13.0 Å². The van der Waals surface area contributed by atoms with Crippen molar-refractivity contribution in [3.05, 3.63) is 12.7 Å². The highest BCUT2D eigenvalue weighted by atomic mass is 79.9. The van der Waals surface area contributed by atoms with Crippen molar-refractivity contribution in [1.29, 1.82) is 0 Å². The van der Waals surface area contributed by atoms with Gasteiger partial charge in [-0.3, -0.25) is 4.79 Å². The molecule has 1 aliphatic rings. The van der Waals surface area contributed by atoms with Gasteiger partial charge in [-0.1, -0.05) is 22.0 Å². The van der Waals surface area contributed by atoms with Crippen molar-refractivity contribution in [1.82, 2.24) is 4.90 Å². The number of piperidine rings is 1. The first-order valence-electron chi connectivity index (χ1n) is 4.64. The van der Waals surface area contributed by atoms with E-state index >= 15 is 0 Å². The van der Waals surface area contributed by atoms with Crippen LogP contribution >= 0.6 is 15.9 Å². The van der Waals surface area contributed by atoms with Crippen LogP contribution in [0.2, 0.25) is 0 Å². The van der Waals surface area contributed by atoms with Gasteiger partial charge >= 0.3 is 0 Å². The van der Waals surface area contributed by atoms with E-state index in [-0.39, 0.29) is 5.91 Å². The van der Waals surface area contributed by atoms with Crippen molar-refractivity contribution in [2.24, 2.45) is 0 Å². The Labute approximate surface area is 89.1 Å². The number of likely N-dealkylation sites (tertiary alicyclic amines) is 1. The molecule has 3 heteroatoms. The Bertz CT molecular complexity index is 153. The summed E-state index contributed by atoms with van der Waals surface area (Å²) < 4.78 is 0. The van der Waals surface area contributed by atoms with E-state index in [9.17, 15) is 4.79 Å². The molecule has 0 aromatic carbocycles. The number of amides is 1. The average Bonchev–Trinajstić information content (AvgIpc) is 2.19. The van der Waals surface area contributed by atoms with Crippen LogP contribution in [0.3, 0.4) is 0 Å². The summed E-state index contributed by atoms with van der Waals surface area (Å²) in [6, 6.07) is 0. The van der Waals surface area contributed by atoms with Crippen LogP contribution in [0, 0.1) is 0 Å². The SMILES string of the molecule is C=CCBr.CC(=O)N1CCCCC1. The van der Waals surface area contributed by atoms with E-state index in [2.05, 4.69) is 22.5 Å². The minimum atomic E-state index is 0.231. The molecule has 0 radical (unpaired) electrons. The fraction of sp³-hybridized carbons (Fsp3) is 0.700. The summed E-state index contributed by atoms with van der Waals surface area (Å²) in [7, 11) is 0. The highest BCUT2D eigenvalue weighted by molar-refractivity contribution is 9.09. The van der Waals surface area contributed by atoms with Gasteiger partial charge in [0, 0.05) is 25.3 Å². The standard InChI is InChI=1S/C7H13NO.C3H5Br/c1-7(9)8-5-3-2-4-6-8;1-2-3-4/h2-6H2,1H3;2H,1,3H2. The van der Waals surface area contributed by atoms with Gasteiger partial charge in [-0.2, -0.15) is 0 Å². The second kappa shape index (κ2) is 8.30. The van der Waals surface area contributed by atoms with Crippen LogP contribution in [-0.2, 0) is 4.79 Å². The topological polar surface area (TPSA) is 20.3 Å². The first-order valence-corrected chi connectivity index (χ1v) is 5.77. The normalized spacial score (nSPS) is 15.7. The summed E-state index contributed by atoms with van der Waals surface area (Å²) in [5, 5.41) is 0.896. The summed E-state index contributed by atoms with van der Waals surface area (Å²) >= 11 is 3.13. The highest BCUT2D eigenvalue weighted by Gasteiger charge is 2.10. The lowest BCUT2D eigenvalue weighted by atomic mass is 10.1. The lowest BCUT2D eigenvalue weighted by molar-refractivity contribution is -0.129. The van der Waals surface area contributed by atoms with E-state index in [0.29, 0.717) is 0 Å². The molecule has 0 aliphatic carbocycles. The molecule has 1 aliphatic heterocycles. The molecule has 0 aromatic rings. The first kappa shape index (κ1) is 12.7. The molecule has 76 valence electrons. The summed E-state index contributed by atoms with van der Waals surface area (Å²) in [6.45, 7) is 7.04. The van der Waals surface area contributed by atoms with Gasteiger partial charge in [-0.05, 0) is 19.3 Å². The second-order valence-corrected chi connectivity index (χ2v) is 3.66. The van der Waals surface area contributed by atoms with Crippen molar-refractivity contribution in [3.8, 4) is 0 Å². The fourth-order valence-electron chi connectivity index (χ4n) is 1.21. The Morgan fingerprint density at radius 1 is 1.46 bits per heavy atom. The maximum atomic E-state index is 10.7. The zero-order valence-corrected chi connectivity index (χ0v) is 9.85. The lowest BCUT2D eigenvalue weighted by Crippen LogP contribution is -2.33. The molecule has 0 saturated carbocycles. The quantitative estimate of drug-likeness (QED) is 0.516. The predicted molar refractivity (Wildman–Crippen MR) is 60.1 cm³/mol. The third-order valence-corrected chi connectivity index (χ3v) is 2.37. The largest absolute Gasteiger partial charge is 0.343 e. The van der Waals surface area contributed by atoms with Crippen LogP contribution < -0.4 is 0 Å². The Morgan fingerprint density at radius 2 is 1.92 bits per heavy atom. The number of alkyl halides is 1. The third-order valence-electron chi connectivity index (χ3n) is 1.91. The Hall–Kier alpha value is -0.310. The average molecular weight is 248 g/mol. The highest BCUT2D eigenvalue weighted by Crippen LogP contribution is 2.07. The monoisotopic (exact) mass is 247 g/mol. The third kappa shape index (κ3) is 6.82. The van der Waals surface area contributed by atoms with Crippen LogP contribution in [0.25, 0.3) is 0 Å². The molecule has 1 amide bonds. The van der Waals surface area contributed by atoms with Crippen molar-refractivity contribution in [2.75, 3.05) is 18.4 Å². The summed E-state index contributed by atoms with van der Waals surface area (Å²) in [4.78, 5) is 12.6. The zero-order valence-electron chi connectivity index (χ0n) is 8.26. The van der Waals surface area contributed by atoms with E-state index in [0.717, 1.165) is 18.4 Å². The van der Waals surface area contributed by atoms with Crippen molar-refractivity contribution in [3.63, 3.8) is 0 Å². The predicted octanol–water partition coefficient (Wildman–Crippen LogP) is 2.59. The van der Waals surface area contributed by atoms with Crippen molar-refractivity contribution < 1.29 is 4.79 Å². The summed E-state index contributed by atoms with van der Waals surface area (Å²) in [6.07, 6.45) is 5.48. The maximum Gasteiger partial charge on any atom is 0.219 e. The number of hydrogen-bond donors (Lipinski definition) is 0. The number of hydrogen-bond acceptors (Lipinski definition) is 1. The van der Waals surface area contributed by atoms with Gasteiger partial charge in [0.1, 0.15) is 0 Å². The van der Waals surface area contributed by atoms with Gasteiger partial charge < -0.3 is 4.90 Å². The molecule has 0 spiro atoms. The van der Waals surface area contributed by atoms with Gasteiger partial charge in [0.2, 0.25) is 5.91 Å². The van der Waals surface area contributed by atoms with Crippen LogP contribution in [0.15, 0.2) is 12.7 Å². The lowest BCUT2D eigenvalue weighted by Gasteiger charge is -2.24. The Balaban J connectivity index is 0.000000310. The van der Waals surface area contributed by atoms with E-state index in [1.165, 1.54) is 19.3 Å². The van der Waals surface area contributed by atoms with Gasteiger partial charge in [0.15, 0.2) is 0 Å². The molecular formula is C10H18BrNO. The summed E-state index contributed by atoms with van der Waals surface area (Å²) in [5.74, 6) is 0.231. The van der Waals surface area contributed by atoms with Gasteiger partial charge in [-0.25, -0.2) is 0 Å². The Morgan fingerprint density at radius 3 is 2.15 bits per heavy atom. The van der Waals surface area contributed by atoms with Crippen molar-refractivity contribution >= 4 is 21.8 Å². The van der Waals surface area contributed by atoms with Crippen molar-refractivity contribution in [2.45, 2.75) is 26.2 Å². The number of rotatable bonds is 1. The molecule has 0 unspecified atom stereocenters. The number of halogens is 1. The van der Waals surface area contributed by atoms with Crippen LogP contribution in [0.4, 0.5) is 0 Å². The molecule has 1 rings (SSSR count). The molecule has 2 nitrogen and oxygen atoms in total. The van der Waals surface area contributed by atoms with Crippen LogP contribution in [0.5, 0.6) is 0 Å². The molecule has 0 bridgehead atoms. The number of nitrogens with zero attached hydrogens (tertiary/aromatic N) is 1. The van der Waals surface area contributed by atoms with Crippen LogP contribution in [0.1, 0.15) is 26.2 Å². The molecule has 0 N–H and O–H groups in total. The zero-order chi connectivity index (χ0) is 10.1. The van der Waals surface area contributed by atoms with E-state index < -0.39 is 0 Å². The van der Waals surface area contributed by atoms with Gasteiger partial charge in [-0.15, -0.1) is 6.58 Å². The molecule has 1 heterocycles. The number of allylic oxidation sites excluding steroid dienone is 1. The Kier molecular flexibility index (Phi) is 8.10. The first-order chi connectivity index (χ1) is 6.22. The minimum Gasteiger partial charge on any atom is -0.343 e. The summed E-state index contributed by atoms with van der Waals surface area (Å²) in [5.41, 5.74) is 0. The smallest absolute Gasteiger partial charge is 0.219 e. The maximum absolute atomic E-state index is 10.7. The molecule has 1 fully saturated rings. The second-order valence-electron chi connectivity index (χ2n) is 3.01. The molecule has 0 atom stereocenters.